The van der Waals surface area contributed by atoms with E-state index in [9.17, 15) is 14.4 Å². The number of amides is 2. The predicted molar refractivity (Wildman–Crippen MR) is 90.5 cm³/mol. The number of methoxy groups -OCH3 is 1. The topological polar surface area (TPSA) is 84.9 Å². The van der Waals surface area contributed by atoms with Crippen LogP contribution in [0.5, 0.6) is 0 Å². The summed E-state index contributed by atoms with van der Waals surface area (Å²) in [4.78, 5) is 37.6. The van der Waals surface area contributed by atoms with Crippen LogP contribution < -0.4 is 5.32 Å². The van der Waals surface area contributed by atoms with Crippen molar-refractivity contribution in [2.24, 2.45) is 5.92 Å². The van der Waals surface area contributed by atoms with E-state index in [4.69, 9.17) is 9.47 Å². The monoisotopic (exact) mass is 348 g/mol. The van der Waals surface area contributed by atoms with Gasteiger partial charge in [-0.05, 0) is 12.5 Å². The van der Waals surface area contributed by atoms with Crippen LogP contribution in [-0.2, 0) is 23.9 Å². The van der Waals surface area contributed by atoms with Crippen LogP contribution in [0, 0.1) is 5.92 Å². The molecule has 0 radical (unpaired) electrons. The van der Waals surface area contributed by atoms with E-state index < -0.39 is 11.9 Å². The number of likely N-dealkylation sites (tertiary alicyclic amines) is 1. The molecule has 1 saturated heterocycles. The fourth-order valence-electron chi connectivity index (χ4n) is 2.77. The van der Waals surface area contributed by atoms with Crippen LogP contribution in [0.4, 0.5) is 0 Å². The Labute approximate surface area is 147 Å². The van der Waals surface area contributed by atoms with Crippen molar-refractivity contribution in [3.8, 4) is 0 Å². The van der Waals surface area contributed by atoms with Crippen LogP contribution in [0.15, 0.2) is 30.3 Å². The lowest BCUT2D eigenvalue weighted by molar-refractivity contribution is -0.152. The molecule has 2 rings (SSSR count). The SMILES string of the molecule is COCCNC(=O)COC(=O)[C@@H]1CC(=O)N([C@@H](C)c2ccccc2)C1. The first-order valence-corrected chi connectivity index (χ1v) is 8.29. The number of carbonyl (C=O) groups is 3. The van der Waals surface area contributed by atoms with Gasteiger partial charge in [0.2, 0.25) is 5.91 Å². The second-order valence-electron chi connectivity index (χ2n) is 5.98. The third kappa shape index (κ3) is 5.29. The molecule has 1 aromatic rings. The van der Waals surface area contributed by atoms with Crippen LogP contribution >= 0.6 is 0 Å². The van der Waals surface area contributed by atoms with Crippen molar-refractivity contribution in [3.05, 3.63) is 35.9 Å². The summed E-state index contributed by atoms with van der Waals surface area (Å²) in [5.41, 5.74) is 1.02. The maximum Gasteiger partial charge on any atom is 0.311 e. The third-order valence-corrected chi connectivity index (χ3v) is 4.22. The third-order valence-electron chi connectivity index (χ3n) is 4.22. The number of ether oxygens (including phenoxy) is 2. The number of esters is 1. The average molecular weight is 348 g/mol. The molecule has 1 aromatic carbocycles. The fraction of sp³-hybridized carbons (Fsp3) is 0.500. The molecule has 0 saturated carbocycles. The molecule has 7 nitrogen and oxygen atoms in total. The van der Waals surface area contributed by atoms with Crippen molar-refractivity contribution in [1.82, 2.24) is 10.2 Å². The van der Waals surface area contributed by atoms with Crippen molar-refractivity contribution in [2.45, 2.75) is 19.4 Å². The Morgan fingerprint density at radius 1 is 1.32 bits per heavy atom. The standard InChI is InChI=1S/C18H24N2O5/c1-13(14-6-4-3-5-7-14)20-11-15(10-17(20)22)18(23)25-12-16(21)19-8-9-24-2/h3-7,13,15H,8-12H2,1-2H3,(H,19,21)/t13-,15+/m0/s1. The molecule has 1 aliphatic heterocycles. The molecule has 1 heterocycles. The summed E-state index contributed by atoms with van der Waals surface area (Å²) in [6.07, 6.45) is 0.112. The number of hydrogen-bond acceptors (Lipinski definition) is 5. The number of nitrogens with zero attached hydrogens (tertiary/aromatic N) is 1. The van der Waals surface area contributed by atoms with Gasteiger partial charge in [0.15, 0.2) is 6.61 Å². The summed E-state index contributed by atoms with van der Waals surface area (Å²) in [5, 5.41) is 2.57. The zero-order valence-electron chi connectivity index (χ0n) is 14.6. The first kappa shape index (κ1) is 18.9. The minimum Gasteiger partial charge on any atom is -0.455 e. The van der Waals surface area contributed by atoms with Gasteiger partial charge in [0, 0.05) is 26.6 Å². The van der Waals surface area contributed by atoms with Gasteiger partial charge in [-0.3, -0.25) is 14.4 Å². The van der Waals surface area contributed by atoms with Crippen molar-refractivity contribution in [3.63, 3.8) is 0 Å². The van der Waals surface area contributed by atoms with E-state index >= 15 is 0 Å². The normalized spacial score (nSPS) is 18.1. The molecule has 0 bridgehead atoms. The highest BCUT2D eigenvalue weighted by Crippen LogP contribution is 2.28. The van der Waals surface area contributed by atoms with Gasteiger partial charge in [0.1, 0.15) is 0 Å². The molecule has 0 spiro atoms. The maximum absolute atomic E-state index is 12.2. The van der Waals surface area contributed by atoms with Crippen LogP contribution in [0.3, 0.4) is 0 Å². The van der Waals surface area contributed by atoms with E-state index in [1.807, 2.05) is 37.3 Å². The van der Waals surface area contributed by atoms with Crippen LogP contribution in [0.25, 0.3) is 0 Å². The van der Waals surface area contributed by atoms with Crippen molar-refractivity contribution >= 4 is 17.8 Å². The molecule has 136 valence electrons. The van der Waals surface area contributed by atoms with E-state index in [1.165, 1.54) is 7.11 Å². The summed E-state index contributed by atoms with van der Waals surface area (Å²) in [5.74, 6) is -1.52. The highest BCUT2D eigenvalue weighted by molar-refractivity contribution is 5.88. The second kappa shape index (κ2) is 9.17. The number of benzene rings is 1. The Kier molecular flexibility index (Phi) is 6.94. The van der Waals surface area contributed by atoms with Gasteiger partial charge >= 0.3 is 5.97 Å². The quantitative estimate of drug-likeness (QED) is 0.557. The zero-order chi connectivity index (χ0) is 18.2. The Morgan fingerprint density at radius 2 is 2.04 bits per heavy atom. The van der Waals surface area contributed by atoms with E-state index in [1.54, 1.807) is 4.90 Å². The minimum atomic E-state index is -0.537. The summed E-state index contributed by atoms with van der Waals surface area (Å²) in [7, 11) is 1.53. The zero-order valence-corrected chi connectivity index (χ0v) is 14.6. The molecule has 0 aliphatic carbocycles. The van der Waals surface area contributed by atoms with Gasteiger partial charge in [0.05, 0.1) is 18.6 Å². The van der Waals surface area contributed by atoms with Gasteiger partial charge < -0.3 is 19.7 Å². The number of nitrogens with one attached hydrogen (secondary N) is 1. The Bertz CT molecular complexity index is 605. The minimum absolute atomic E-state index is 0.0807. The van der Waals surface area contributed by atoms with Gasteiger partial charge in [-0.15, -0.1) is 0 Å². The smallest absolute Gasteiger partial charge is 0.311 e. The van der Waals surface area contributed by atoms with Crippen LogP contribution in [0.1, 0.15) is 24.9 Å². The van der Waals surface area contributed by atoms with E-state index in [2.05, 4.69) is 5.32 Å². The van der Waals surface area contributed by atoms with Gasteiger partial charge in [-0.1, -0.05) is 30.3 Å². The highest BCUT2D eigenvalue weighted by atomic mass is 16.5. The maximum atomic E-state index is 12.2. The molecular weight excluding hydrogens is 324 g/mol. The molecule has 0 aromatic heterocycles. The Hall–Kier alpha value is -2.41. The number of rotatable bonds is 8. The van der Waals surface area contributed by atoms with Crippen LogP contribution in [-0.4, -0.2) is 56.1 Å². The van der Waals surface area contributed by atoms with Crippen molar-refractivity contribution < 1.29 is 23.9 Å². The molecule has 1 N–H and O–H groups in total. The van der Waals surface area contributed by atoms with E-state index in [0.717, 1.165) is 5.56 Å². The van der Waals surface area contributed by atoms with Crippen molar-refractivity contribution in [2.75, 3.05) is 33.4 Å². The van der Waals surface area contributed by atoms with E-state index in [0.29, 0.717) is 19.7 Å². The fourth-order valence-corrected chi connectivity index (χ4v) is 2.77. The molecule has 1 fully saturated rings. The first-order chi connectivity index (χ1) is 12.0. The highest BCUT2D eigenvalue weighted by Gasteiger charge is 2.38. The Balaban J connectivity index is 1.83. The number of carbonyl (C=O) groups excluding carboxylic acids is 3. The van der Waals surface area contributed by atoms with Gasteiger partial charge in [-0.2, -0.15) is 0 Å². The van der Waals surface area contributed by atoms with Gasteiger partial charge in [-0.25, -0.2) is 0 Å². The lowest BCUT2D eigenvalue weighted by Crippen LogP contribution is -2.33. The predicted octanol–water partition coefficient (Wildman–Crippen LogP) is 0.902. The lowest BCUT2D eigenvalue weighted by Gasteiger charge is -2.25. The lowest BCUT2D eigenvalue weighted by atomic mass is 10.1. The molecule has 1 aliphatic rings. The van der Waals surface area contributed by atoms with Crippen molar-refractivity contribution in [1.29, 1.82) is 0 Å². The molecule has 7 heteroatoms. The average Bonchev–Trinajstić information content (AvgIpc) is 3.02. The largest absolute Gasteiger partial charge is 0.455 e. The molecule has 25 heavy (non-hydrogen) atoms. The van der Waals surface area contributed by atoms with E-state index in [-0.39, 0.29) is 30.9 Å². The second-order valence-corrected chi connectivity index (χ2v) is 5.98. The van der Waals surface area contributed by atoms with Crippen LogP contribution in [0.2, 0.25) is 0 Å². The van der Waals surface area contributed by atoms with Gasteiger partial charge in [0.25, 0.3) is 5.91 Å². The summed E-state index contributed by atoms with van der Waals surface area (Å²) >= 11 is 0. The summed E-state index contributed by atoms with van der Waals surface area (Å²) in [6, 6.07) is 9.55. The summed E-state index contributed by atoms with van der Waals surface area (Å²) < 4.78 is 9.85. The number of hydrogen-bond donors (Lipinski definition) is 1. The molecule has 2 amide bonds. The first-order valence-electron chi connectivity index (χ1n) is 8.29. The summed E-state index contributed by atoms with van der Waals surface area (Å²) in [6.45, 7) is 2.64. The molecular formula is C18H24N2O5. The Morgan fingerprint density at radius 3 is 2.72 bits per heavy atom. The molecule has 0 unspecified atom stereocenters. The molecule has 2 atom stereocenters.